The fourth-order valence-electron chi connectivity index (χ4n) is 0.750. The summed E-state index contributed by atoms with van der Waals surface area (Å²) in [6.07, 6.45) is 4.02. The SMILES string of the molecule is CC(C)(C)CCCCBr. The topological polar surface area (TPSA) is 0 Å². The van der Waals surface area contributed by atoms with Crippen LogP contribution in [0, 0.1) is 5.41 Å². The summed E-state index contributed by atoms with van der Waals surface area (Å²) >= 11 is 3.42. The molecule has 0 saturated carbocycles. The highest BCUT2D eigenvalue weighted by Crippen LogP contribution is 2.21. The molecule has 0 N–H and O–H groups in total. The predicted molar refractivity (Wildman–Crippen MR) is 47.1 cm³/mol. The summed E-state index contributed by atoms with van der Waals surface area (Å²) in [6.45, 7) is 6.88. The van der Waals surface area contributed by atoms with Crippen molar-refractivity contribution in [1.82, 2.24) is 0 Å². The Hall–Kier alpha value is 0.480. The molecule has 0 spiro atoms. The average molecular weight is 193 g/mol. The molecular formula is C8H17Br. The van der Waals surface area contributed by atoms with Crippen LogP contribution in [0.2, 0.25) is 0 Å². The first-order valence-electron chi connectivity index (χ1n) is 3.62. The molecule has 0 amide bonds. The molecule has 0 saturated heterocycles. The number of unbranched alkanes of at least 4 members (excludes halogenated alkanes) is 1. The van der Waals surface area contributed by atoms with Gasteiger partial charge in [0.05, 0.1) is 0 Å². The highest BCUT2D eigenvalue weighted by Gasteiger charge is 2.07. The van der Waals surface area contributed by atoms with Gasteiger partial charge in [-0.3, -0.25) is 0 Å². The zero-order valence-corrected chi connectivity index (χ0v) is 8.29. The summed E-state index contributed by atoms with van der Waals surface area (Å²) in [4.78, 5) is 0. The van der Waals surface area contributed by atoms with E-state index in [0.29, 0.717) is 5.41 Å². The third kappa shape index (κ3) is 8.48. The third-order valence-corrected chi connectivity index (χ3v) is 1.87. The van der Waals surface area contributed by atoms with Crippen LogP contribution in [0.1, 0.15) is 40.0 Å². The Morgan fingerprint density at radius 1 is 1.11 bits per heavy atom. The van der Waals surface area contributed by atoms with Gasteiger partial charge >= 0.3 is 0 Å². The van der Waals surface area contributed by atoms with E-state index in [2.05, 4.69) is 36.7 Å². The van der Waals surface area contributed by atoms with E-state index in [4.69, 9.17) is 0 Å². The van der Waals surface area contributed by atoms with Crippen molar-refractivity contribution in [3.63, 3.8) is 0 Å². The Balaban J connectivity index is 3.07. The summed E-state index contributed by atoms with van der Waals surface area (Å²) in [5, 5.41) is 1.16. The normalized spacial score (nSPS) is 12.0. The van der Waals surface area contributed by atoms with E-state index in [1.165, 1.54) is 19.3 Å². The summed E-state index contributed by atoms with van der Waals surface area (Å²) < 4.78 is 0. The monoisotopic (exact) mass is 192 g/mol. The van der Waals surface area contributed by atoms with E-state index in [1.54, 1.807) is 0 Å². The molecule has 0 nitrogen and oxygen atoms in total. The summed E-state index contributed by atoms with van der Waals surface area (Å²) in [5.41, 5.74) is 0.530. The molecule has 0 aliphatic carbocycles. The lowest BCUT2D eigenvalue weighted by molar-refractivity contribution is 0.364. The number of halogens is 1. The van der Waals surface area contributed by atoms with Crippen molar-refractivity contribution in [2.24, 2.45) is 5.41 Å². The van der Waals surface area contributed by atoms with Gasteiger partial charge in [-0.1, -0.05) is 43.1 Å². The third-order valence-electron chi connectivity index (χ3n) is 1.31. The van der Waals surface area contributed by atoms with E-state index < -0.39 is 0 Å². The molecule has 0 aliphatic rings. The number of rotatable bonds is 3. The van der Waals surface area contributed by atoms with Gasteiger partial charge in [0.2, 0.25) is 0 Å². The first-order chi connectivity index (χ1) is 4.06. The number of hydrogen-bond acceptors (Lipinski definition) is 0. The maximum Gasteiger partial charge on any atom is 0.00313 e. The summed E-state index contributed by atoms with van der Waals surface area (Å²) in [7, 11) is 0. The Labute approximate surface area is 67.2 Å². The molecule has 1 heteroatoms. The van der Waals surface area contributed by atoms with E-state index in [-0.39, 0.29) is 0 Å². The Bertz CT molecular complexity index is 61.5. The lowest BCUT2D eigenvalue weighted by Gasteiger charge is -2.16. The van der Waals surface area contributed by atoms with Gasteiger partial charge in [-0.2, -0.15) is 0 Å². The summed E-state index contributed by atoms with van der Waals surface area (Å²) in [6, 6.07) is 0. The molecule has 0 aliphatic heterocycles. The second-order valence-corrected chi connectivity index (χ2v) is 4.50. The van der Waals surface area contributed by atoms with Crippen LogP contribution < -0.4 is 0 Å². The van der Waals surface area contributed by atoms with Crippen LogP contribution in [0.25, 0.3) is 0 Å². The lowest BCUT2D eigenvalue weighted by atomic mass is 9.90. The molecule has 0 atom stereocenters. The minimum absolute atomic E-state index is 0.530. The fraction of sp³-hybridized carbons (Fsp3) is 1.00. The minimum atomic E-state index is 0.530. The average Bonchev–Trinajstić information content (AvgIpc) is 1.63. The molecule has 9 heavy (non-hydrogen) atoms. The van der Waals surface area contributed by atoms with Crippen LogP contribution in [0.5, 0.6) is 0 Å². The lowest BCUT2D eigenvalue weighted by Crippen LogP contribution is -2.03. The first-order valence-corrected chi connectivity index (χ1v) is 4.74. The van der Waals surface area contributed by atoms with Crippen molar-refractivity contribution in [1.29, 1.82) is 0 Å². The molecule has 0 heterocycles. The number of alkyl halides is 1. The fourth-order valence-corrected chi connectivity index (χ4v) is 1.15. The van der Waals surface area contributed by atoms with Crippen molar-refractivity contribution in [2.75, 3.05) is 5.33 Å². The minimum Gasteiger partial charge on any atom is -0.0928 e. The smallest absolute Gasteiger partial charge is 0.00313 e. The second kappa shape index (κ2) is 4.32. The van der Waals surface area contributed by atoms with Gasteiger partial charge in [-0.05, 0) is 18.3 Å². The van der Waals surface area contributed by atoms with Crippen molar-refractivity contribution >= 4 is 15.9 Å². The molecule has 0 unspecified atom stereocenters. The van der Waals surface area contributed by atoms with Crippen LogP contribution in [-0.2, 0) is 0 Å². The van der Waals surface area contributed by atoms with Crippen LogP contribution >= 0.6 is 15.9 Å². The molecule has 56 valence electrons. The Morgan fingerprint density at radius 2 is 1.67 bits per heavy atom. The zero-order valence-electron chi connectivity index (χ0n) is 6.71. The highest BCUT2D eigenvalue weighted by atomic mass is 79.9. The maximum absolute atomic E-state index is 3.42. The van der Waals surface area contributed by atoms with Crippen LogP contribution in [0.3, 0.4) is 0 Å². The van der Waals surface area contributed by atoms with Crippen LogP contribution in [0.15, 0.2) is 0 Å². The van der Waals surface area contributed by atoms with Gasteiger partial charge in [-0.15, -0.1) is 0 Å². The van der Waals surface area contributed by atoms with Gasteiger partial charge in [0.1, 0.15) is 0 Å². The molecule has 0 aromatic rings. The molecule has 0 bridgehead atoms. The Kier molecular flexibility index (Phi) is 4.55. The molecule has 0 fully saturated rings. The summed E-state index contributed by atoms with van der Waals surface area (Å²) in [5.74, 6) is 0. The first kappa shape index (κ1) is 9.48. The predicted octanol–water partition coefficient (Wildman–Crippen LogP) is 3.60. The van der Waals surface area contributed by atoms with Crippen molar-refractivity contribution in [3.8, 4) is 0 Å². The Morgan fingerprint density at radius 3 is 2.00 bits per heavy atom. The highest BCUT2D eigenvalue weighted by molar-refractivity contribution is 9.09. The number of hydrogen-bond donors (Lipinski definition) is 0. The molecule has 0 aromatic heterocycles. The maximum atomic E-state index is 3.42. The van der Waals surface area contributed by atoms with Gasteiger partial charge in [0.25, 0.3) is 0 Å². The van der Waals surface area contributed by atoms with E-state index in [1.807, 2.05) is 0 Å². The van der Waals surface area contributed by atoms with Gasteiger partial charge < -0.3 is 0 Å². The molecule has 0 aromatic carbocycles. The van der Waals surface area contributed by atoms with E-state index in [0.717, 1.165) is 5.33 Å². The second-order valence-electron chi connectivity index (χ2n) is 3.71. The zero-order chi connectivity index (χ0) is 7.33. The molecular weight excluding hydrogens is 176 g/mol. The molecule has 0 rings (SSSR count). The van der Waals surface area contributed by atoms with Gasteiger partial charge in [0.15, 0.2) is 0 Å². The van der Waals surface area contributed by atoms with Gasteiger partial charge in [0, 0.05) is 5.33 Å². The van der Waals surface area contributed by atoms with Gasteiger partial charge in [-0.25, -0.2) is 0 Å². The van der Waals surface area contributed by atoms with Crippen molar-refractivity contribution in [2.45, 2.75) is 40.0 Å². The van der Waals surface area contributed by atoms with Crippen molar-refractivity contribution < 1.29 is 0 Å². The van der Waals surface area contributed by atoms with E-state index >= 15 is 0 Å². The van der Waals surface area contributed by atoms with E-state index in [9.17, 15) is 0 Å². The van der Waals surface area contributed by atoms with Crippen LogP contribution in [0.4, 0.5) is 0 Å². The standard InChI is InChI=1S/C8H17Br/c1-8(2,3)6-4-5-7-9/h4-7H2,1-3H3. The van der Waals surface area contributed by atoms with Crippen LogP contribution in [-0.4, -0.2) is 5.33 Å². The van der Waals surface area contributed by atoms with Crippen molar-refractivity contribution in [3.05, 3.63) is 0 Å². The molecule has 0 radical (unpaired) electrons. The quantitative estimate of drug-likeness (QED) is 0.474. The largest absolute Gasteiger partial charge is 0.0928 e.